The van der Waals surface area contributed by atoms with Crippen LogP contribution >= 0.6 is 11.3 Å². The third kappa shape index (κ3) is 3.82. The smallest absolute Gasteiger partial charge is 0.230 e. The highest BCUT2D eigenvalue weighted by molar-refractivity contribution is 7.17. The molecule has 0 bridgehead atoms. The molecule has 7 nitrogen and oxygen atoms in total. The van der Waals surface area contributed by atoms with Gasteiger partial charge in [0.1, 0.15) is 6.33 Å². The summed E-state index contributed by atoms with van der Waals surface area (Å²) >= 11 is 1.44. The molecular weight excluding hydrogens is 340 g/mol. The molecular formula is C17H22N4O3S. The van der Waals surface area contributed by atoms with E-state index < -0.39 is 0 Å². The number of ether oxygens (including phenoxy) is 2. The molecule has 1 aromatic carbocycles. The first kappa shape index (κ1) is 17.8. The van der Waals surface area contributed by atoms with Crippen molar-refractivity contribution in [2.24, 2.45) is 0 Å². The zero-order valence-corrected chi connectivity index (χ0v) is 15.1. The van der Waals surface area contributed by atoms with Gasteiger partial charge in [-0.2, -0.15) is 9.61 Å². The van der Waals surface area contributed by atoms with E-state index in [1.165, 1.54) is 22.2 Å². The first-order valence-electron chi connectivity index (χ1n) is 8.04. The van der Waals surface area contributed by atoms with Crippen LogP contribution in [0.15, 0.2) is 36.7 Å². The minimum Gasteiger partial charge on any atom is -0.492 e. The summed E-state index contributed by atoms with van der Waals surface area (Å²) < 4.78 is 12.0. The van der Waals surface area contributed by atoms with Crippen molar-refractivity contribution in [1.29, 1.82) is 0 Å². The number of thiazole rings is 1. The molecule has 0 fully saturated rings. The minimum atomic E-state index is -0.125. The lowest BCUT2D eigenvalue weighted by atomic mass is 10.0. The van der Waals surface area contributed by atoms with Gasteiger partial charge in [0.25, 0.3) is 0 Å². The maximum absolute atomic E-state index is 10.7. The van der Waals surface area contributed by atoms with Crippen molar-refractivity contribution in [3.63, 3.8) is 0 Å². The van der Waals surface area contributed by atoms with Gasteiger partial charge < -0.3 is 14.6 Å². The summed E-state index contributed by atoms with van der Waals surface area (Å²) in [5.41, 5.74) is 1.09. The molecule has 8 heteroatoms. The van der Waals surface area contributed by atoms with E-state index >= 15 is 0 Å². The third-order valence-electron chi connectivity index (χ3n) is 4.03. The van der Waals surface area contributed by atoms with Crippen molar-refractivity contribution in [1.82, 2.24) is 19.5 Å². The summed E-state index contributed by atoms with van der Waals surface area (Å²) in [7, 11) is 3.37. The van der Waals surface area contributed by atoms with Gasteiger partial charge >= 0.3 is 0 Å². The molecule has 3 aromatic rings. The second kappa shape index (κ2) is 8.39. The monoisotopic (exact) mass is 362 g/mol. The quantitative estimate of drug-likeness (QED) is 0.629. The molecule has 0 radical (unpaired) electrons. The molecule has 0 aliphatic carbocycles. The van der Waals surface area contributed by atoms with E-state index in [4.69, 9.17) is 9.47 Å². The van der Waals surface area contributed by atoms with E-state index in [0.29, 0.717) is 31.3 Å². The fourth-order valence-corrected chi connectivity index (χ4v) is 3.91. The molecule has 2 aromatic heterocycles. The van der Waals surface area contributed by atoms with E-state index in [-0.39, 0.29) is 11.9 Å². The molecule has 1 N–H and O–H groups in total. The summed E-state index contributed by atoms with van der Waals surface area (Å²) in [4.78, 5) is 7.93. The first-order valence-corrected chi connectivity index (χ1v) is 8.86. The van der Waals surface area contributed by atoms with Crippen LogP contribution in [0.4, 0.5) is 0 Å². The second-order valence-corrected chi connectivity index (χ2v) is 6.59. The lowest BCUT2D eigenvalue weighted by Gasteiger charge is -2.31. The molecule has 25 heavy (non-hydrogen) atoms. The van der Waals surface area contributed by atoms with Gasteiger partial charge in [-0.15, -0.1) is 0 Å². The normalized spacial score (nSPS) is 12.9. The Balaban J connectivity index is 2.04. The van der Waals surface area contributed by atoms with Gasteiger partial charge in [0.15, 0.2) is 0 Å². The van der Waals surface area contributed by atoms with Crippen LogP contribution in [-0.2, 0) is 9.47 Å². The standard InChI is InChI=1S/C17H22N4O3S/c1-23-10-8-20(9-11-24-2)14(13-6-4-3-5-7-13)15-16(22)21-17(25-15)18-12-19-21/h3-7,12,14,22H,8-11H2,1-2H3. The molecule has 1 atom stereocenters. The summed E-state index contributed by atoms with van der Waals surface area (Å²) in [6.07, 6.45) is 1.44. The second-order valence-electron chi connectivity index (χ2n) is 5.58. The Morgan fingerprint density at radius 3 is 2.44 bits per heavy atom. The molecule has 0 amide bonds. The molecule has 134 valence electrons. The van der Waals surface area contributed by atoms with Crippen molar-refractivity contribution < 1.29 is 14.6 Å². The number of nitrogens with zero attached hydrogens (tertiary/aromatic N) is 4. The Labute approximate surface area is 150 Å². The zero-order chi connectivity index (χ0) is 17.6. The zero-order valence-electron chi connectivity index (χ0n) is 14.3. The van der Waals surface area contributed by atoms with Crippen LogP contribution in [0.3, 0.4) is 0 Å². The number of hydrogen-bond acceptors (Lipinski definition) is 7. The third-order valence-corrected chi connectivity index (χ3v) is 5.12. The molecule has 0 saturated carbocycles. The van der Waals surface area contributed by atoms with Crippen LogP contribution in [0.2, 0.25) is 0 Å². The van der Waals surface area contributed by atoms with E-state index in [2.05, 4.69) is 27.1 Å². The van der Waals surface area contributed by atoms with Gasteiger partial charge in [-0.3, -0.25) is 4.90 Å². The molecule has 0 saturated heterocycles. The number of rotatable bonds is 9. The van der Waals surface area contributed by atoms with Crippen molar-refractivity contribution in [2.45, 2.75) is 6.04 Å². The van der Waals surface area contributed by atoms with E-state index in [0.717, 1.165) is 10.4 Å². The minimum absolute atomic E-state index is 0.125. The number of benzene rings is 1. The fourth-order valence-electron chi connectivity index (χ4n) is 2.82. The first-order chi connectivity index (χ1) is 12.3. The number of fused-ring (bicyclic) bond motifs is 1. The highest BCUT2D eigenvalue weighted by Gasteiger charge is 2.28. The Bertz CT molecular complexity index is 782. The fraction of sp³-hybridized carbons (Fsp3) is 0.412. The molecule has 3 rings (SSSR count). The molecule has 0 aliphatic heterocycles. The van der Waals surface area contributed by atoms with Gasteiger partial charge in [0, 0.05) is 27.3 Å². The Hall–Kier alpha value is -2.00. The van der Waals surface area contributed by atoms with Crippen LogP contribution < -0.4 is 0 Å². The highest BCUT2D eigenvalue weighted by Crippen LogP contribution is 2.39. The van der Waals surface area contributed by atoms with Crippen molar-refractivity contribution in [3.8, 4) is 5.88 Å². The average Bonchev–Trinajstić information content (AvgIpc) is 3.22. The van der Waals surface area contributed by atoms with Crippen LogP contribution in [0.1, 0.15) is 16.5 Å². The average molecular weight is 362 g/mol. The topological polar surface area (TPSA) is 72.1 Å². The van der Waals surface area contributed by atoms with Crippen molar-refractivity contribution in [2.75, 3.05) is 40.5 Å². The predicted molar refractivity (Wildman–Crippen MR) is 96.1 cm³/mol. The molecule has 0 aliphatic rings. The van der Waals surface area contributed by atoms with Gasteiger partial charge in [0.05, 0.1) is 24.1 Å². The Morgan fingerprint density at radius 1 is 1.16 bits per heavy atom. The number of aromatic hydroxyl groups is 1. The number of hydrogen-bond donors (Lipinski definition) is 1. The maximum atomic E-state index is 10.7. The van der Waals surface area contributed by atoms with Crippen LogP contribution in [0.5, 0.6) is 5.88 Å². The summed E-state index contributed by atoms with van der Waals surface area (Å²) in [5.74, 6) is 0.131. The summed E-state index contributed by atoms with van der Waals surface area (Å²) in [6, 6.07) is 9.99. The maximum Gasteiger partial charge on any atom is 0.230 e. The van der Waals surface area contributed by atoms with Gasteiger partial charge in [0.2, 0.25) is 10.8 Å². The van der Waals surface area contributed by atoms with Crippen molar-refractivity contribution >= 4 is 16.3 Å². The Kier molecular flexibility index (Phi) is 5.98. The molecule has 1 unspecified atom stereocenters. The predicted octanol–water partition coefficient (Wildman–Crippen LogP) is 2.18. The van der Waals surface area contributed by atoms with E-state index in [1.807, 2.05) is 18.2 Å². The molecule has 0 spiro atoms. The number of methoxy groups -OCH3 is 2. The van der Waals surface area contributed by atoms with E-state index in [9.17, 15) is 5.11 Å². The lowest BCUT2D eigenvalue weighted by molar-refractivity contribution is 0.0973. The summed E-state index contributed by atoms with van der Waals surface area (Å²) in [6.45, 7) is 2.61. The van der Waals surface area contributed by atoms with Gasteiger partial charge in [-0.25, -0.2) is 4.98 Å². The van der Waals surface area contributed by atoms with E-state index in [1.54, 1.807) is 14.2 Å². The Morgan fingerprint density at radius 2 is 1.84 bits per heavy atom. The van der Waals surface area contributed by atoms with Gasteiger partial charge in [-0.05, 0) is 5.56 Å². The van der Waals surface area contributed by atoms with Crippen LogP contribution in [-0.4, -0.2) is 65.1 Å². The molecule has 2 heterocycles. The SMILES string of the molecule is COCCN(CCOC)C(c1ccccc1)c1sc2ncnn2c1O. The van der Waals surface area contributed by atoms with Crippen LogP contribution in [0, 0.1) is 0 Å². The summed E-state index contributed by atoms with van der Waals surface area (Å²) in [5, 5.41) is 14.8. The number of aromatic nitrogens is 3. The van der Waals surface area contributed by atoms with Gasteiger partial charge in [-0.1, -0.05) is 41.7 Å². The van der Waals surface area contributed by atoms with Crippen molar-refractivity contribution in [3.05, 3.63) is 47.1 Å². The van der Waals surface area contributed by atoms with Crippen LogP contribution in [0.25, 0.3) is 4.96 Å². The highest BCUT2D eigenvalue weighted by atomic mass is 32.1. The lowest BCUT2D eigenvalue weighted by Crippen LogP contribution is -2.35. The largest absolute Gasteiger partial charge is 0.492 e.